The van der Waals surface area contributed by atoms with Gasteiger partial charge in [0.25, 0.3) is 0 Å². The number of hydrogen-bond donors (Lipinski definition) is 2. The van der Waals surface area contributed by atoms with E-state index < -0.39 is 23.8 Å². The van der Waals surface area contributed by atoms with E-state index in [0.717, 1.165) is 27.0 Å². The van der Waals surface area contributed by atoms with Crippen LogP contribution in [0.1, 0.15) is 29.9 Å². The Labute approximate surface area is 178 Å². The molecule has 2 aromatic heterocycles. The van der Waals surface area contributed by atoms with Crippen LogP contribution in [0, 0.1) is 29.6 Å². The highest BCUT2D eigenvalue weighted by Gasteiger charge is 2.70. The molecule has 30 heavy (non-hydrogen) atoms. The van der Waals surface area contributed by atoms with E-state index in [-0.39, 0.29) is 45.6 Å². The second-order valence-corrected chi connectivity index (χ2v) is 10.7. The summed E-state index contributed by atoms with van der Waals surface area (Å²) in [6.45, 7) is 1.39. The number of thioether (sulfide) groups is 1. The van der Waals surface area contributed by atoms with Gasteiger partial charge in [0.15, 0.2) is 0 Å². The number of aliphatic carboxylic acids is 1. The van der Waals surface area contributed by atoms with Gasteiger partial charge in [-0.25, -0.2) is 4.79 Å². The fourth-order valence-corrected chi connectivity index (χ4v) is 9.19. The Morgan fingerprint density at radius 2 is 2.00 bits per heavy atom. The van der Waals surface area contributed by atoms with Crippen molar-refractivity contribution in [2.45, 2.75) is 35.6 Å². The zero-order chi connectivity index (χ0) is 20.9. The van der Waals surface area contributed by atoms with Gasteiger partial charge in [-0.1, -0.05) is 11.3 Å². The maximum absolute atomic E-state index is 13.2. The normalized spacial score (nSPS) is 37.2. The molecular weight excluding hydrogens is 428 g/mol. The molecule has 2 aliphatic heterocycles. The lowest BCUT2D eigenvalue weighted by Crippen LogP contribution is -2.44. The maximum atomic E-state index is 13.2. The second kappa shape index (κ2) is 6.10. The van der Waals surface area contributed by atoms with Crippen LogP contribution in [0.3, 0.4) is 0 Å². The van der Waals surface area contributed by atoms with Gasteiger partial charge in [-0.3, -0.25) is 19.3 Å². The van der Waals surface area contributed by atoms with Crippen LogP contribution in [0.4, 0.5) is 0 Å². The lowest BCUT2D eigenvalue weighted by Gasteiger charge is -2.42. The molecule has 8 atom stereocenters. The molecule has 4 aliphatic rings. The van der Waals surface area contributed by atoms with Crippen molar-refractivity contribution in [3.05, 3.63) is 38.7 Å². The van der Waals surface area contributed by atoms with Gasteiger partial charge >= 0.3 is 10.8 Å². The third kappa shape index (κ3) is 2.18. The Morgan fingerprint density at radius 3 is 2.67 bits per heavy atom. The van der Waals surface area contributed by atoms with E-state index in [1.165, 1.54) is 18.3 Å². The van der Waals surface area contributed by atoms with Crippen molar-refractivity contribution >= 4 is 40.9 Å². The molecule has 0 radical (unpaired) electrons. The Balaban J connectivity index is 1.45. The van der Waals surface area contributed by atoms with Crippen LogP contribution in [0.15, 0.2) is 32.6 Å². The number of nitrogens with zero attached hydrogens (tertiary/aromatic N) is 1. The Hall–Kier alpha value is -2.33. The number of likely N-dealkylation sites (tertiary alicyclic amines) is 1. The molecule has 0 unspecified atom stereocenters. The molecule has 3 fully saturated rings. The van der Waals surface area contributed by atoms with Crippen molar-refractivity contribution in [1.29, 1.82) is 0 Å². The number of furan rings is 1. The third-order valence-corrected chi connectivity index (χ3v) is 9.94. The topological polar surface area (TPSA) is 121 Å². The van der Waals surface area contributed by atoms with Gasteiger partial charge in [0, 0.05) is 5.25 Å². The van der Waals surface area contributed by atoms with Gasteiger partial charge in [-0.15, -0.1) is 11.8 Å². The number of rotatable bonds is 3. The van der Waals surface area contributed by atoms with Crippen LogP contribution in [0.25, 0.3) is 0 Å². The van der Waals surface area contributed by atoms with Crippen LogP contribution >= 0.6 is 23.1 Å². The number of fused-ring (bicyclic) bond motifs is 9. The molecule has 2 bridgehead atoms. The van der Waals surface area contributed by atoms with E-state index in [2.05, 4.69) is 4.98 Å². The Bertz CT molecular complexity index is 1140. The standard InChI is InChI=1S/C20H18N2O6S2/c1-6(19(25)26)22-17(23)11-7-5-8(12(11)18(22)24)14-10(7)13(9-3-2-4-28-9)15-16(29-14)21-20(27)30-15/h2-4,6-8,10-14H,5H2,1H3,(H,21,27)(H,25,26)/t6-,7-,8-,10+,11-,12-,13-,14-/m1/s1. The van der Waals surface area contributed by atoms with Crippen LogP contribution in [-0.2, 0) is 14.4 Å². The highest BCUT2D eigenvalue weighted by molar-refractivity contribution is 8.00. The number of nitrogens with one attached hydrogen (secondary N) is 1. The van der Waals surface area contributed by atoms with Crippen molar-refractivity contribution < 1.29 is 23.9 Å². The summed E-state index contributed by atoms with van der Waals surface area (Å²) in [5.74, 6) is -2.23. The molecule has 10 heteroatoms. The molecule has 1 saturated heterocycles. The van der Waals surface area contributed by atoms with Gasteiger partial charge in [0.2, 0.25) is 11.8 Å². The predicted octanol–water partition coefficient (Wildman–Crippen LogP) is 1.98. The average Bonchev–Trinajstić information content (AvgIpc) is 3.48. The third-order valence-electron chi connectivity index (χ3n) is 7.35. The molecule has 2 amide bonds. The highest BCUT2D eigenvalue weighted by Crippen LogP contribution is 2.68. The minimum atomic E-state index is -1.18. The van der Waals surface area contributed by atoms with Crippen LogP contribution in [0.2, 0.25) is 0 Å². The molecule has 2 saturated carbocycles. The van der Waals surface area contributed by atoms with E-state index in [1.807, 2.05) is 12.1 Å². The second-order valence-electron chi connectivity index (χ2n) is 8.54. The van der Waals surface area contributed by atoms with Crippen LogP contribution in [0.5, 0.6) is 0 Å². The van der Waals surface area contributed by atoms with Gasteiger partial charge in [0.1, 0.15) is 11.8 Å². The van der Waals surface area contributed by atoms with Crippen LogP contribution < -0.4 is 4.87 Å². The largest absolute Gasteiger partial charge is 0.480 e. The van der Waals surface area contributed by atoms with E-state index in [4.69, 9.17) is 4.42 Å². The molecule has 8 nitrogen and oxygen atoms in total. The summed E-state index contributed by atoms with van der Waals surface area (Å²) in [4.78, 5) is 54.6. The first-order valence-electron chi connectivity index (χ1n) is 9.91. The van der Waals surface area contributed by atoms with E-state index in [1.54, 1.807) is 18.0 Å². The Morgan fingerprint density at radius 1 is 1.27 bits per heavy atom. The van der Waals surface area contributed by atoms with Gasteiger partial charge in [-0.05, 0) is 43.2 Å². The Kier molecular flexibility index (Phi) is 3.75. The molecular formula is C20H18N2O6S2. The first kappa shape index (κ1) is 18.4. The number of amides is 2. The molecule has 4 heterocycles. The lowest BCUT2D eigenvalue weighted by atomic mass is 9.69. The molecule has 2 N–H and O–H groups in total. The summed E-state index contributed by atoms with van der Waals surface area (Å²) in [5.41, 5.74) is 0. The van der Waals surface area contributed by atoms with E-state index in [0.29, 0.717) is 0 Å². The quantitative estimate of drug-likeness (QED) is 0.692. The lowest BCUT2D eigenvalue weighted by molar-refractivity contribution is -0.154. The number of aromatic amines is 1. The number of imide groups is 1. The molecule has 0 spiro atoms. The maximum Gasteiger partial charge on any atom is 0.326 e. The number of hydrogen-bond acceptors (Lipinski definition) is 7. The number of carboxylic acids is 1. The SMILES string of the molecule is C[C@H](C(=O)O)N1C(=O)[C@@H]2[C@H]3C[C@@H]([C@H]2C1=O)[C@H]1[C@@H](c2ccco2)c2sc(=O)[nH]c2S[C@H]31. The summed E-state index contributed by atoms with van der Waals surface area (Å²) in [7, 11) is 0. The van der Waals surface area contributed by atoms with E-state index >= 15 is 0 Å². The number of carbonyl (C=O) groups is 3. The number of carboxylic acid groups (broad SMARTS) is 1. The molecule has 2 aromatic rings. The van der Waals surface area contributed by atoms with Crippen molar-refractivity contribution in [3.8, 4) is 0 Å². The van der Waals surface area contributed by atoms with E-state index in [9.17, 15) is 24.3 Å². The fourth-order valence-electron chi connectivity index (χ4n) is 6.32. The monoisotopic (exact) mass is 446 g/mol. The van der Waals surface area contributed by atoms with Gasteiger partial charge in [0.05, 0.1) is 33.9 Å². The predicted molar refractivity (Wildman–Crippen MR) is 106 cm³/mol. The zero-order valence-corrected chi connectivity index (χ0v) is 17.4. The highest BCUT2D eigenvalue weighted by atomic mass is 32.2. The van der Waals surface area contributed by atoms with Crippen molar-refractivity contribution in [2.75, 3.05) is 0 Å². The van der Waals surface area contributed by atoms with Crippen molar-refractivity contribution in [2.24, 2.45) is 29.6 Å². The number of thiazole rings is 1. The molecule has 0 aromatic carbocycles. The summed E-state index contributed by atoms with van der Waals surface area (Å²) < 4.78 is 5.75. The number of H-pyrrole nitrogens is 1. The summed E-state index contributed by atoms with van der Waals surface area (Å²) in [6, 6.07) is 2.55. The molecule has 156 valence electrons. The number of carbonyl (C=O) groups excluding carboxylic acids is 2. The molecule has 6 rings (SSSR count). The average molecular weight is 447 g/mol. The number of aromatic nitrogens is 1. The van der Waals surface area contributed by atoms with Gasteiger partial charge in [-0.2, -0.15) is 0 Å². The van der Waals surface area contributed by atoms with Crippen molar-refractivity contribution in [3.63, 3.8) is 0 Å². The smallest absolute Gasteiger partial charge is 0.326 e. The summed E-state index contributed by atoms with van der Waals surface area (Å²) in [6.07, 6.45) is 2.37. The van der Waals surface area contributed by atoms with Crippen molar-refractivity contribution in [1.82, 2.24) is 9.88 Å². The van der Waals surface area contributed by atoms with Gasteiger partial charge < -0.3 is 14.5 Å². The first-order chi connectivity index (χ1) is 14.4. The molecule has 2 aliphatic carbocycles. The summed E-state index contributed by atoms with van der Waals surface area (Å²) in [5, 5.41) is 10.3. The zero-order valence-electron chi connectivity index (χ0n) is 15.8. The minimum Gasteiger partial charge on any atom is -0.480 e. The fraction of sp³-hybridized carbons (Fsp3) is 0.500. The van der Waals surface area contributed by atoms with Crippen LogP contribution in [-0.4, -0.2) is 44.1 Å². The minimum absolute atomic E-state index is 0.0218. The summed E-state index contributed by atoms with van der Waals surface area (Å²) >= 11 is 2.77. The first-order valence-corrected chi connectivity index (χ1v) is 11.6.